The third-order valence-corrected chi connectivity index (χ3v) is 7.91. The normalized spacial score (nSPS) is 12.3. The van der Waals surface area contributed by atoms with E-state index in [0.29, 0.717) is 5.82 Å². The number of aromatic nitrogens is 3. The highest BCUT2D eigenvalue weighted by Gasteiger charge is 2.21. The Labute approximate surface area is 235 Å². The van der Waals surface area contributed by atoms with Gasteiger partial charge in [-0.05, 0) is 57.4 Å². The highest BCUT2D eigenvalue weighted by Crippen LogP contribution is 2.30. The van der Waals surface area contributed by atoms with Gasteiger partial charge in [-0.3, -0.25) is 4.90 Å². The largest absolute Gasteiger partial charge is 0.382 e. The van der Waals surface area contributed by atoms with Crippen LogP contribution >= 0.6 is 0 Å². The highest BCUT2D eigenvalue weighted by molar-refractivity contribution is 6.06. The maximum Gasteiger partial charge on any atom is 0.152 e. The predicted molar refractivity (Wildman–Crippen MR) is 167 cm³/mol. The Bertz CT molecular complexity index is 1330. The number of nitrogens with two attached hydrogens (primary N) is 1. The van der Waals surface area contributed by atoms with Crippen molar-refractivity contribution in [3.05, 3.63) is 65.5 Å². The topological polar surface area (TPSA) is 60.0 Å². The van der Waals surface area contributed by atoms with E-state index in [1.807, 2.05) is 12.1 Å². The molecule has 0 aliphatic rings. The second kappa shape index (κ2) is 13.4. The molecule has 5 heteroatoms. The Morgan fingerprint density at radius 1 is 0.795 bits per heavy atom. The second-order valence-electron chi connectivity index (χ2n) is 12.1. The van der Waals surface area contributed by atoms with E-state index in [1.165, 1.54) is 49.7 Å². The summed E-state index contributed by atoms with van der Waals surface area (Å²) in [5, 5.41) is 1.11. The molecule has 0 bridgehead atoms. The summed E-state index contributed by atoms with van der Waals surface area (Å²) in [6.07, 6.45) is 11.2. The minimum absolute atomic E-state index is 0.154. The van der Waals surface area contributed by atoms with Crippen LogP contribution < -0.4 is 5.73 Å². The van der Waals surface area contributed by atoms with E-state index in [2.05, 4.69) is 85.5 Å². The molecule has 2 aromatic carbocycles. The van der Waals surface area contributed by atoms with Crippen molar-refractivity contribution >= 4 is 27.8 Å². The molecule has 0 amide bonds. The lowest BCUT2D eigenvalue weighted by Gasteiger charge is -2.36. The van der Waals surface area contributed by atoms with Gasteiger partial charge in [-0.15, -0.1) is 0 Å². The molecule has 0 atom stereocenters. The van der Waals surface area contributed by atoms with Crippen LogP contribution in [-0.2, 0) is 19.5 Å². The number of unbranched alkanes of at least 4 members (excludes halogenated alkanes) is 6. The number of nitrogen functional groups attached to an aromatic ring is 1. The molecule has 0 fully saturated rings. The molecule has 0 aliphatic carbocycles. The molecule has 2 heterocycles. The third kappa shape index (κ3) is 7.39. The Hall–Kier alpha value is -2.92. The average Bonchev–Trinajstić information content (AvgIpc) is 3.28. The van der Waals surface area contributed by atoms with Gasteiger partial charge >= 0.3 is 0 Å². The van der Waals surface area contributed by atoms with Crippen LogP contribution in [0.25, 0.3) is 21.9 Å². The fourth-order valence-electron chi connectivity index (χ4n) is 5.49. The van der Waals surface area contributed by atoms with E-state index in [-0.39, 0.29) is 5.54 Å². The summed E-state index contributed by atoms with van der Waals surface area (Å²) in [5.74, 6) is 1.61. The molecule has 210 valence electrons. The number of pyridine rings is 1. The van der Waals surface area contributed by atoms with Gasteiger partial charge in [0, 0.05) is 30.4 Å². The number of rotatable bonds is 14. The summed E-state index contributed by atoms with van der Waals surface area (Å²) < 4.78 is 2.38. The van der Waals surface area contributed by atoms with Crippen molar-refractivity contribution in [2.45, 2.75) is 111 Å². The molecule has 0 spiro atoms. The van der Waals surface area contributed by atoms with Crippen molar-refractivity contribution in [2.75, 3.05) is 12.3 Å². The minimum Gasteiger partial charge on any atom is -0.382 e. The monoisotopic (exact) mass is 527 g/mol. The van der Waals surface area contributed by atoms with Crippen LogP contribution in [0, 0.1) is 0 Å². The lowest BCUT2D eigenvalue weighted by molar-refractivity contribution is 0.124. The van der Waals surface area contributed by atoms with Crippen molar-refractivity contribution in [2.24, 2.45) is 0 Å². The smallest absolute Gasteiger partial charge is 0.152 e. The molecule has 0 saturated heterocycles. The van der Waals surface area contributed by atoms with E-state index in [9.17, 15) is 0 Å². The zero-order valence-electron chi connectivity index (χ0n) is 25.0. The quantitative estimate of drug-likeness (QED) is 0.167. The number of imidazole rings is 1. The Balaban J connectivity index is 1.54. The first kappa shape index (κ1) is 29.1. The van der Waals surface area contributed by atoms with Crippen LogP contribution in [0.15, 0.2) is 48.5 Å². The van der Waals surface area contributed by atoms with Crippen molar-refractivity contribution in [1.82, 2.24) is 19.4 Å². The van der Waals surface area contributed by atoms with Crippen LogP contribution in [0.3, 0.4) is 0 Å². The number of anilines is 1. The lowest BCUT2D eigenvalue weighted by atomic mass is 10.0. The standard InChI is InChI=1S/C34H49N5/c1-6-8-10-11-12-15-23-38(34(3,4)5)24-26-19-21-27(22-20-26)25-39-30(18-9-7-2)37-31-32(39)28-16-13-14-17-29(28)36-33(31)35/h13-14,16-17,19-22H,6-12,15,18,23-25H2,1-5H3,(H2,35,36). The van der Waals surface area contributed by atoms with Crippen LogP contribution in [0.1, 0.15) is 103 Å². The Morgan fingerprint density at radius 2 is 1.46 bits per heavy atom. The maximum absolute atomic E-state index is 6.40. The average molecular weight is 528 g/mol. The summed E-state index contributed by atoms with van der Waals surface area (Å²) >= 11 is 0. The van der Waals surface area contributed by atoms with Gasteiger partial charge in [0.15, 0.2) is 5.82 Å². The number of fused-ring (bicyclic) bond motifs is 3. The fraction of sp³-hybridized carbons (Fsp3) is 0.529. The molecule has 0 saturated carbocycles. The molecule has 2 N–H and O–H groups in total. The van der Waals surface area contributed by atoms with Crippen LogP contribution in [0.5, 0.6) is 0 Å². The van der Waals surface area contributed by atoms with Gasteiger partial charge in [-0.2, -0.15) is 0 Å². The molecule has 0 radical (unpaired) electrons. The van der Waals surface area contributed by atoms with Crippen molar-refractivity contribution in [3.8, 4) is 0 Å². The molecular weight excluding hydrogens is 478 g/mol. The first-order valence-corrected chi connectivity index (χ1v) is 15.2. The van der Waals surface area contributed by atoms with Gasteiger partial charge in [0.1, 0.15) is 11.3 Å². The highest BCUT2D eigenvalue weighted by atomic mass is 15.2. The molecule has 4 rings (SSSR count). The number of benzene rings is 2. The third-order valence-electron chi connectivity index (χ3n) is 7.91. The summed E-state index contributed by atoms with van der Waals surface area (Å²) in [4.78, 5) is 12.3. The zero-order chi connectivity index (χ0) is 27.8. The Morgan fingerprint density at radius 3 is 2.18 bits per heavy atom. The van der Waals surface area contributed by atoms with Gasteiger partial charge in [0.2, 0.25) is 0 Å². The van der Waals surface area contributed by atoms with Crippen molar-refractivity contribution in [1.29, 1.82) is 0 Å². The number of nitrogens with zero attached hydrogens (tertiary/aromatic N) is 4. The van der Waals surface area contributed by atoms with Crippen LogP contribution in [-0.4, -0.2) is 31.5 Å². The molecular formula is C34H49N5. The van der Waals surface area contributed by atoms with Gasteiger partial charge in [-0.25, -0.2) is 9.97 Å². The minimum atomic E-state index is 0.154. The van der Waals surface area contributed by atoms with Crippen molar-refractivity contribution < 1.29 is 0 Å². The molecule has 39 heavy (non-hydrogen) atoms. The summed E-state index contributed by atoms with van der Waals surface area (Å²) in [6.45, 7) is 14.4. The molecule has 2 aromatic heterocycles. The molecule has 0 unspecified atom stereocenters. The van der Waals surface area contributed by atoms with E-state index in [1.54, 1.807) is 0 Å². The second-order valence-corrected chi connectivity index (χ2v) is 12.1. The fourth-order valence-corrected chi connectivity index (χ4v) is 5.49. The summed E-state index contributed by atoms with van der Waals surface area (Å²) in [5.41, 5.74) is 12.1. The summed E-state index contributed by atoms with van der Waals surface area (Å²) in [7, 11) is 0. The SMILES string of the molecule is CCCCCCCCN(Cc1ccc(Cn2c(CCCC)nc3c(N)nc4ccccc4c32)cc1)C(C)(C)C. The van der Waals surface area contributed by atoms with E-state index in [0.717, 1.165) is 66.7 Å². The van der Waals surface area contributed by atoms with E-state index < -0.39 is 0 Å². The first-order valence-electron chi connectivity index (χ1n) is 15.2. The van der Waals surface area contributed by atoms with Gasteiger partial charge < -0.3 is 10.3 Å². The Kier molecular flexibility index (Phi) is 10.0. The van der Waals surface area contributed by atoms with Crippen LogP contribution in [0.2, 0.25) is 0 Å². The number of hydrogen-bond acceptors (Lipinski definition) is 4. The summed E-state index contributed by atoms with van der Waals surface area (Å²) in [6, 6.07) is 17.5. The van der Waals surface area contributed by atoms with Gasteiger partial charge in [-0.1, -0.05) is 94.8 Å². The number of para-hydroxylation sites is 1. The number of aryl methyl sites for hydroxylation is 1. The lowest BCUT2D eigenvalue weighted by Crippen LogP contribution is -2.41. The zero-order valence-corrected chi connectivity index (χ0v) is 25.0. The first-order chi connectivity index (χ1) is 18.8. The molecule has 0 aliphatic heterocycles. The number of hydrogen-bond donors (Lipinski definition) is 1. The predicted octanol–water partition coefficient (Wildman–Crippen LogP) is 8.52. The maximum atomic E-state index is 6.40. The van der Waals surface area contributed by atoms with Gasteiger partial charge in [0.05, 0.1) is 11.0 Å². The van der Waals surface area contributed by atoms with E-state index in [4.69, 9.17) is 10.7 Å². The van der Waals surface area contributed by atoms with Crippen LogP contribution in [0.4, 0.5) is 5.82 Å². The van der Waals surface area contributed by atoms with E-state index >= 15 is 0 Å². The molecule has 4 aromatic rings. The molecule has 5 nitrogen and oxygen atoms in total. The van der Waals surface area contributed by atoms with Crippen molar-refractivity contribution in [3.63, 3.8) is 0 Å². The van der Waals surface area contributed by atoms with Gasteiger partial charge in [0.25, 0.3) is 0 Å².